The number of benzene rings is 2. The minimum atomic E-state index is 0.522. The van der Waals surface area contributed by atoms with Crippen molar-refractivity contribution in [2.75, 3.05) is 5.43 Å². The van der Waals surface area contributed by atoms with E-state index in [1.54, 1.807) is 11.0 Å². The Morgan fingerprint density at radius 2 is 1.81 bits per heavy atom. The van der Waals surface area contributed by atoms with E-state index < -0.39 is 0 Å². The molecule has 0 atom stereocenters. The van der Waals surface area contributed by atoms with Gasteiger partial charge in [-0.15, -0.1) is 11.3 Å². The molecule has 0 fully saturated rings. The van der Waals surface area contributed by atoms with Crippen molar-refractivity contribution in [1.29, 1.82) is 0 Å². The van der Waals surface area contributed by atoms with Crippen LogP contribution >= 0.6 is 11.3 Å². The molecule has 0 radical (unpaired) electrons. The van der Waals surface area contributed by atoms with E-state index in [9.17, 15) is 0 Å². The molecule has 0 amide bonds. The number of nitrogens with zero attached hydrogens (tertiary/aromatic N) is 5. The van der Waals surface area contributed by atoms with Crippen LogP contribution in [-0.2, 0) is 6.54 Å². The first kappa shape index (κ1) is 16.2. The molecule has 0 bridgehead atoms. The maximum atomic E-state index is 4.61. The van der Waals surface area contributed by atoms with Gasteiger partial charge < -0.3 is 0 Å². The van der Waals surface area contributed by atoms with Crippen LogP contribution in [-0.4, -0.2) is 25.5 Å². The monoisotopic (exact) mass is 360 g/mol. The van der Waals surface area contributed by atoms with Gasteiger partial charge in [-0.25, -0.2) is 14.6 Å². The Bertz CT molecular complexity index is 977. The molecule has 4 aromatic rings. The van der Waals surface area contributed by atoms with Crippen molar-refractivity contribution in [3.05, 3.63) is 84.3 Å². The fourth-order valence-corrected chi connectivity index (χ4v) is 3.13. The predicted octanol–water partition coefficient (Wildman–Crippen LogP) is 3.92. The molecule has 26 heavy (non-hydrogen) atoms. The zero-order valence-corrected chi connectivity index (χ0v) is 14.7. The summed E-state index contributed by atoms with van der Waals surface area (Å²) < 4.78 is 1.74. The van der Waals surface area contributed by atoms with Gasteiger partial charge in [-0.3, -0.25) is 5.43 Å². The highest BCUT2D eigenvalue weighted by atomic mass is 32.1. The van der Waals surface area contributed by atoms with Crippen molar-refractivity contribution in [3.8, 4) is 11.3 Å². The van der Waals surface area contributed by atoms with Crippen LogP contribution in [0.4, 0.5) is 5.13 Å². The molecule has 6 nitrogen and oxygen atoms in total. The minimum Gasteiger partial charge on any atom is -0.252 e. The molecule has 2 heterocycles. The van der Waals surface area contributed by atoms with Gasteiger partial charge >= 0.3 is 0 Å². The standard InChI is InChI=1S/C19H16N6S/c1-3-7-15(8-4-1)17(11-25-14-20-13-21-25)23-24-19-22-18(12-26-19)16-9-5-2-6-10-16/h1-10,12-14H,11H2,(H,22,24)/b23-17-. The summed E-state index contributed by atoms with van der Waals surface area (Å²) in [5.74, 6) is 0. The van der Waals surface area contributed by atoms with Gasteiger partial charge in [0.25, 0.3) is 0 Å². The summed E-state index contributed by atoms with van der Waals surface area (Å²) >= 11 is 1.53. The lowest BCUT2D eigenvalue weighted by Crippen LogP contribution is -2.14. The van der Waals surface area contributed by atoms with Gasteiger partial charge in [-0.05, 0) is 5.56 Å². The SMILES string of the molecule is c1ccc(/C(Cn2cncn2)=N\Nc2nc(-c3ccccc3)cs2)cc1. The number of hydrazone groups is 1. The first-order valence-corrected chi connectivity index (χ1v) is 8.98. The van der Waals surface area contributed by atoms with E-state index in [0.29, 0.717) is 6.54 Å². The zero-order chi connectivity index (χ0) is 17.6. The first-order valence-electron chi connectivity index (χ1n) is 8.10. The van der Waals surface area contributed by atoms with Crippen LogP contribution in [0.25, 0.3) is 11.3 Å². The second-order valence-corrected chi connectivity index (χ2v) is 6.39. The molecule has 0 aliphatic heterocycles. The van der Waals surface area contributed by atoms with E-state index in [1.807, 2.05) is 66.0 Å². The second-order valence-electron chi connectivity index (χ2n) is 5.53. The molecule has 0 aliphatic carbocycles. The molecule has 0 aliphatic rings. The Balaban J connectivity index is 1.56. The van der Waals surface area contributed by atoms with Gasteiger partial charge in [0.1, 0.15) is 12.7 Å². The van der Waals surface area contributed by atoms with Crippen LogP contribution < -0.4 is 5.43 Å². The van der Waals surface area contributed by atoms with E-state index in [2.05, 4.69) is 25.6 Å². The molecule has 0 spiro atoms. The Hall–Kier alpha value is -3.32. The van der Waals surface area contributed by atoms with Gasteiger partial charge in [-0.1, -0.05) is 60.7 Å². The van der Waals surface area contributed by atoms with E-state index in [0.717, 1.165) is 27.7 Å². The molecule has 0 unspecified atom stereocenters. The Morgan fingerprint density at radius 3 is 2.54 bits per heavy atom. The average Bonchev–Trinajstić information content (AvgIpc) is 3.38. The van der Waals surface area contributed by atoms with Gasteiger partial charge in [0.15, 0.2) is 0 Å². The molecular formula is C19H16N6S. The molecule has 2 aromatic carbocycles. The third kappa shape index (κ3) is 3.84. The summed E-state index contributed by atoms with van der Waals surface area (Å²) in [5.41, 5.74) is 6.98. The second kappa shape index (κ2) is 7.71. The van der Waals surface area contributed by atoms with Crippen LogP contribution in [0.3, 0.4) is 0 Å². The third-order valence-corrected chi connectivity index (χ3v) is 4.49. The molecular weight excluding hydrogens is 344 g/mol. The number of hydrogen-bond acceptors (Lipinski definition) is 6. The number of hydrogen-bond donors (Lipinski definition) is 1. The average molecular weight is 360 g/mol. The summed E-state index contributed by atoms with van der Waals surface area (Å²) in [7, 11) is 0. The summed E-state index contributed by atoms with van der Waals surface area (Å²) in [6.45, 7) is 0.522. The molecule has 1 N–H and O–H groups in total. The summed E-state index contributed by atoms with van der Waals surface area (Å²) in [6, 6.07) is 20.1. The molecule has 2 aromatic heterocycles. The number of rotatable bonds is 6. The molecule has 128 valence electrons. The number of anilines is 1. The number of nitrogens with one attached hydrogen (secondary N) is 1. The third-order valence-electron chi connectivity index (χ3n) is 3.75. The van der Waals surface area contributed by atoms with Crippen LogP contribution in [0.1, 0.15) is 5.56 Å². The lowest BCUT2D eigenvalue weighted by molar-refractivity contribution is 0.721. The zero-order valence-electron chi connectivity index (χ0n) is 13.9. The Morgan fingerprint density at radius 1 is 1.04 bits per heavy atom. The Kier molecular flexibility index (Phi) is 4.79. The van der Waals surface area contributed by atoms with Crippen LogP contribution in [0.2, 0.25) is 0 Å². The van der Waals surface area contributed by atoms with Crippen molar-refractivity contribution in [3.63, 3.8) is 0 Å². The van der Waals surface area contributed by atoms with Crippen molar-refractivity contribution >= 4 is 22.2 Å². The fourth-order valence-electron chi connectivity index (χ4n) is 2.47. The normalized spacial score (nSPS) is 11.5. The lowest BCUT2D eigenvalue weighted by Gasteiger charge is -2.07. The Labute approximate surface area is 154 Å². The van der Waals surface area contributed by atoms with Crippen molar-refractivity contribution in [2.24, 2.45) is 5.10 Å². The van der Waals surface area contributed by atoms with E-state index >= 15 is 0 Å². The highest BCUT2D eigenvalue weighted by molar-refractivity contribution is 7.14. The lowest BCUT2D eigenvalue weighted by atomic mass is 10.1. The van der Waals surface area contributed by atoms with Crippen LogP contribution in [0, 0.1) is 0 Å². The number of thiazole rings is 1. The minimum absolute atomic E-state index is 0.522. The summed E-state index contributed by atoms with van der Waals surface area (Å²) in [6.07, 6.45) is 3.19. The predicted molar refractivity (Wildman–Crippen MR) is 104 cm³/mol. The van der Waals surface area contributed by atoms with Crippen molar-refractivity contribution < 1.29 is 0 Å². The van der Waals surface area contributed by atoms with Gasteiger partial charge in [0.05, 0.1) is 18.0 Å². The topological polar surface area (TPSA) is 68.0 Å². The van der Waals surface area contributed by atoms with Crippen LogP contribution in [0.5, 0.6) is 0 Å². The maximum absolute atomic E-state index is 4.61. The molecule has 0 saturated heterocycles. The van der Waals surface area contributed by atoms with Crippen molar-refractivity contribution in [2.45, 2.75) is 6.54 Å². The van der Waals surface area contributed by atoms with E-state index in [-0.39, 0.29) is 0 Å². The summed E-state index contributed by atoms with van der Waals surface area (Å²) in [5, 5.41) is 11.5. The molecule has 7 heteroatoms. The summed E-state index contributed by atoms with van der Waals surface area (Å²) in [4.78, 5) is 8.60. The van der Waals surface area contributed by atoms with Gasteiger partial charge in [0.2, 0.25) is 5.13 Å². The van der Waals surface area contributed by atoms with E-state index in [4.69, 9.17) is 0 Å². The van der Waals surface area contributed by atoms with Crippen LogP contribution in [0.15, 0.2) is 83.8 Å². The fraction of sp³-hybridized carbons (Fsp3) is 0.0526. The smallest absolute Gasteiger partial charge is 0.203 e. The van der Waals surface area contributed by atoms with Gasteiger partial charge in [0, 0.05) is 10.9 Å². The van der Waals surface area contributed by atoms with Gasteiger partial charge in [-0.2, -0.15) is 10.2 Å². The van der Waals surface area contributed by atoms with E-state index in [1.165, 1.54) is 17.7 Å². The number of aromatic nitrogens is 4. The first-order chi connectivity index (χ1) is 12.9. The quantitative estimate of drug-likeness (QED) is 0.418. The highest BCUT2D eigenvalue weighted by Gasteiger charge is 2.07. The largest absolute Gasteiger partial charge is 0.252 e. The molecule has 0 saturated carbocycles. The van der Waals surface area contributed by atoms with Crippen molar-refractivity contribution in [1.82, 2.24) is 19.7 Å². The maximum Gasteiger partial charge on any atom is 0.203 e. The highest BCUT2D eigenvalue weighted by Crippen LogP contribution is 2.24. The molecule has 4 rings (SSSR count).